The van der Waals surface area contributed by atoms with E-state index in [0.29, 0.717) is 43.7 Å². The first kappa shape index (κ1) is 17.9. The van der Waals surface area contributed by atoms with Crippen LogP contribution in [0.5, 0.6) is 0 Å². The number of urea groups is 1. The lowest BCUT2D eigenvalue weighted by atomic mass is 9.87. The number of rotatable bonds is 4. The predicted octanol–water partition coefficient (Wildman–Crippen LogP) is 2.56. The second kappa shape index (κ2) is 7.16. The van der Waals surface area contributed by atoms with Gasteiger partial charge >= 0.3 is 6.03 Å². The van der Waals surface area contributed by atoms with Gasteiger partial charge in [0, 0.05) is 25.2 Å². The van der Waals surface area contributed by atoms with Crippen LogP contribution in [0.25, 0.3) is 4.85 Å². The molecule has 1 spiro atoms. The van der Waals surface area contributed by atoms with Crippen LogP contribution in [0, 0.1) is 6.57 Å². The van der Waals surface area contributed by atoms with E-state index in [9.17, 15) is 14.4 Å². The molecule has 0 bridgehead atoms. The summed E-state index contributed by atoms with van der Waals surface area (Å²) in [6.07, 6.45) is 2.55. The van der Waals surface area contributed by atoms with Crippen molar-refractivity contribution >= 4 is 23.5 Å². The Kier molecular flexibility index (Phi) is 4.94. The molecule has 2 saturated heterocycles. The molecule has 4 amide bonds. The maximum absolute atomic E-state index is 12.7. The maximum Gasteiger partial charge on any atom is 0.325 e. The van der Waals surface area contributed by atoms with Gasteiger partial charge in [0.25, 0.3) is 11.8 Å². The number of imide groups is 1. The first-order chi connectivity index (χ1) is 12.5. The smallest absolute Gasteiger partial charge is 0.325 e. The summed E-state index contributed by atoms with van der Waals surface area (Å²) in [5, 5.41) is 2.86. The highest BCUT2D eigenvalue weighted by molar-refractivity contribution is 6.07. The van der Waals surface area contributed by atoms with E-state index in [0.717, 1.165) is 12.8 Å². The van der Waals surface area contributed by atoms with Crippen molar-refractivity contribution in [1.82, 2.24) is 15.1 Å². The third-order valence-corrected chi connectivity index (χ3v) is 5.13. The molecular formula is C19H22N4O3. The second-order valence-electron chi connectivity index (χ2n) is 6.77. The van der Waals surface area contributed by atoms with Gasteiger partial charge in [-0.15, -0.1) is 0 Å². The van der Waals surface area contributed by atoms with E-state index in [2.05, 4.69) is 10.2 Å². The number of hydrogen-bond donors (Lipinski definition) is 1. The number of nitrogens with zero attached hydrogens (tertiary/aromatic N) is 3. The number of likely N-dealkylation sites (tertiary alicyclic amines) is 1. The lowest BCUT2D eigenvalue weighted by Crippen LogP contribution is -2.55. The van der Waals surface area contributed by atoms with Gasteiger partial charge in [0.2, 0.25) is 0 Å². The number of carbonyl (C=O) groups excluding carboxylic acids is 3. The minimum Gasteiger partial charge on any atom is -0.338 e. The van der Waals surface area contributed by atoms with Crippen molar-refractivity contribution in [2.45, 2.75) is 38.1 Å². The summed E-state index contributed by atoms with van der Waals surface area (Å²) >= 11 is 0. The first-order valence-corrected chi connectivity index (χ1v) is 8.91. The minimum absolute atomic E-state index is 0.115. The molecule has 3 rings (SSSR count). The Bertz CT molecular complexity index is 758. The van der Waals surface area contributed by atoms with E-state index in [4.69, 9.17) is 6.57 Å². The zero-order valence-electron chi connectivity index (χ0n) is 14.8. The van der Waals surface area contributed by atoms with Gasteiger partial charge in [-0.3, -0.25) is 14.5 Å². The number of nitrogens with one attached hydrogen (secondary N) is 1. The highest BCUT2D eigenvalue weighted by Crippen LogP contribution is 2.30. The molecule has 0 aromatic heterocycles. The van der Waals surface area contributed by atoms with E-state index in [1.807, 2.05) is 6.92 Å². The van der Waals surface area contributed by atoms with Crippen LogP contribution >= 0.6 is 0 Å². The van der Waals surface area contributed by atoms with E-state index >= 15 is 0 Å². The van der Waals surface area contributed by atoms with Crippen molar-refractivity contribution in [1.29, 1.82) is 0 Å². The van der Waals surface area contributed by atoms with Crippen molar-refractivity contribution in [3.05, 3.63) is 41.2 Å². The molecule has 7 heteroatoms. The highest BCUT2D eigenvalue weighted by atomic mass is 16.2. The molecule has 2 aliphatic rings. The Hall–Kier alpha value is -2.88. The van der Waals surface area contributed by atoms with Crippen LogP contribution < -0.4 is 5.32 Å². The van der Waals surface area contributed by atoms with Gasteiger partial charge in [0.05, 0.1) is 6.57 Å². The number of piperidine rings is 1. The molecule has 0 aliphatic carbocycles. The van der Waals surface area contributed by atoms with E-state index in [-0.39, 0.29) is 17.8 Å². The molecule has 1 aromatic rings. The normalized spacial score (nSPS) is 18.8. The van der Waals surface area contributed by atoms with E-state index in [1.165, 1.54) is 4.90 Å². The van der Waals surface area contributed by atoms with Crippen molar-refractivity contribution in [3.63, 3.8) is 0 Å². The summed E-state index contributed by atoms with van der Waals surface area (Å²) < 4.78 is 0. The van der Waals surface area contributed by atoms with Crippen molar-refractivity contribution in [3.8, 4) is 0 Å². The summed E-state index contributed by atoms with van der Waals surface area (Å²) in [6.45, 7) is 10.3. The molecule has 0 unspecified atom stereocenters. The summed E-state index contributed by atoms with van der Waals surface area (Å²) in [5.41, 5.74) is 0.153. The van der Waals surface area contributed by atoms with Crippen LogP contribution in [0.2, 0.25) is 0 Å². The largest absolute Gasteiger partial charge is 0.338 e. The SMILES string of the molecule is [C-]#[N+]c1ccc(C(=O)N2CCC3(CC2)NC(=O)N(CCCC)C3=O)cc1. The molecule has 2 fully saturated rings. The fraction of sp³-hybridized carbons (Fsp3) is 0.474. The minimum atomic E-state index is -0.866. The standard InChI is InChI=1S/C19H22N4O3/c1-3-4-11-23-17(25)19(21-18(23)26)9-12-22(13-10-19)16(24)14-5-7-15(20-2)8-6-14/h5-8H,3-4,9-13H2,1H3,(H,21,26). The van der Waals surface area contributed by atoms with Crippen molar-refractivity contribution in [2.24, 2.45) is 0 Å². The molecule has 26 heavy (non-hydrogen) atoms. The summed E-state index contributed by atoms with van der Waals surface area (Å²) in [4.78, 5) is 43.8. The zero-order valence-corrected chi connectivity index (χ0v) is 14.8. The highest BCUT2D eigenvalue weighted by Gasteiger charge is 2.52. The third kappa shape index (κ3) is 3.15. The third-order valence-electron chi connectivity index (χ3n) is 5.13. The van der Waals surface area contributed by atoms with Gasteiger partial charge in [-0.2, -0.15) is 0 Å². The molecule has 0 saturated carbocycles. The predicted molar refractivity (Wildman–Crippen MR) is 95.7 cm³/mol. The zero-order chi connectivity index (χ0) is 18.7. The number of carbonyl (C=O) groups is 3. The number of amides is 4. The topological polar surface area (TPSA) is 74.1 Å². The fourth-order valence-corrected chi connectivity index (χ4v) is 3.49. The van der Waals surface area contributed by atoms with Crippen LogP contribution in [0.3, 0.4) is 0 Å². The molecule has 2 aliphatic heterocycles. The van der Waals surface area contributed by atoms with Gasteiger partial charge in [0.1, 0.15) is 5.54 Å². The second-order valence-corrected chi connectivity index (χ2v) is 6.77. The Morgan fingerprint density at radius 1 is 1.23 bits per heavy atom. The lowest BCUT2D eigenvalue weighted by Gasteiger charge is -2.37. The number of benzene rings is 1. The van der Waals surface area contributed by atoms with Gasteiger partial charge in [0.15, 0.2) is 5.69 Å². The average molecular weight is 354 g/mol. The summed E-state index contributed by atoms with van der Waals surface area (Å²) in [6, 6.07) is 6.22. The van der Waals surface area contributed by atoms with Gasteiger partial charge < -0.3 is 10.2 Å². The number of unbranched alkanes of at least 4 members (excludes halogenated alkanes) is 1. The summed E-state index contributed by atoms with van der Waals surface area (Å²) in [7, 11) is 0. The van der Waals surface area contributed by atoms with E-state index in [1.54, 1.807) is 29.2 Å². The van der Waals surface area contributed by atoms with Crippen LogP contribution in [0.15, 0.2) is 24.3 Å². The van der Waals surface area contributed by atoms with Crippen LogP contribution in [-0.4, -0.2) is 52.8 Å². The Labute approximate surface area is 152 Å². The Morgan fingerprint density at radius 3 is 2.46 bits per heavy atom. The molecule has 2 heterocycles. The molecule has 1 aromatic carbocycles. The van der Waals surface area contributed by atoms with Crippen molar-refractivity contribution in [2.75, 3.05) is 19.6 Å². The van der Waals surface area contributed by atoms with Gasteiger partial charge in [-0.1, -0.05) is 37.6 Å². The lowest BCUT2D eigenvalue weighted by molar-refractivity contribution is -0.132. The van der Waals surface area contributed by atoms with Gasteiger partial charge in [-0.05, 0) is 19.3 Å². The molecular weight excluding hydrogens is 332 g/mol. The average Bonchev–Trinajstić information content (AvgIpc) is 2.90. The first-order valence-electron chi connectivity index (χ1n) is 8.91. The molecule has 136 valence electrons. The molecule has 7 nitrogen and oxygen atoms in total. The van der Waals surface area contributed by atoms with Gasteiger partial charge in [-0.25, -0.2) is 9.64 Å². The summed E-state index contributed by atoms with van der Waals surface area (Å²) in [5.74, 6) is -0.277. The van der Waals surface area contributed by atoms with Crippen LogP contribution in [-0.2, 0) is 4.79 Å². The molecule has 0 radical (unpaired) electrons. The fourth-order valence-electron chi connectivity index (χ4n) is 3.49. The molecule has 0 atom stereocenters. The van der Waals surface area contributed by atoms with Crippen LogP contribution in [0.4, 0.5) is 10.5 Å². The van der Waals surface area contributed by atoms with Crippen LogP contribution in [0.1, 0.15) is 43.0 Å². The van der Waals surface area contributed by atoms with Crippen molar-refractivity contribution < 1.29 is 14.4 Å². The number of hydrogen-bond acceptors (Lipinski definition) is 3. The Balaban J connectivity index is 1.65. The van der Waals surface area contributed by atoms with E-state index < -0.39 is 5.54 Å². The monoisotopic (exact) mass is 354 g/mol. The maximum atomic E-state index is 12.7. The molecule has 1 N–H and O–H groups in total. The Morgan fingerprint density at radius 2 is 1.88 bits per heavy atom. The quantitative estimate of drug-likeness (QED) is 0.667.